The maximum absolute atomic E-state index is 13.1. The van der Waals surface area contributed by atoms with Gasteiger partial charge in [-0.05, 0) is 13.0 Å². The fraction of sp³-hybridized carbons (Fsp3) is 0.385. The van der Waals surface area contributed by atoms with Crippen LogP contribution in [0.2, 0.25) is 0 Å². The highest BCUT2D eigenvalue weighted by Crippen LogP contribution is 2.43. The molecule has 7 nitrogen and oxygen atoms in total. The third-order valence-electron chi connectivity index (χ3n) is 6.48. The first-order chi connectivity index (χ1) is 15.8. The van der Waals surface area contributed by atoms with Crippen LogP contribution in [0.25, 0.3) is 22.3 Å². The minimum Gasteiger partial charge on any atom is -0.507 e. The SMILES string of the molecule is CC(C)C(CC(=O)N1CCN(C)CC1)c1c(O)cc(O)c2c(=O)cc(-c3ccccc3)oc12. The molecule has 4 rings (SSSR count). The van der Waals surface area contributed by atoms with E-state index in [2.05, 4.69) is 4.90 Å². The first kappa shape index (κ1) is 22.9. The lowest BCUT2D eigenvalue weighted by molar-refractivity contribution is -0.133. The molecule has 33 heavy (non-hydrogen) atoms. The highest BCUT2D eigenvalue weighted by atomic mass is 16.3. The molecule has 0 bridgehead atoms. The lowest BCUT2D eigenvalue weighted by Crippen LogP contribution is -2.47. The van der Waals surface area contributed by atoms with Crippen LogP contribution in [0.4, 0.5) is 0 Å². The molecular weight excluding hydrogens is 420 g/mol. The number of carbonyl (C=O) groups is 1. The number of benzene rings is 2. The molecule has 1 atom stereocenters. The molecule has 0 saturated carbocycles. The van der Waals surface area contributed by atoms with Crippen LogP contribution in [-0.2, 0) is 4.79 Å². The Morgan fingerprint density at radius 1 is 1.03 bits per heavy atom. The van der Waals surface area contributed by atoms with E-state index in [4.69, 9.17) is 4.42 Å². The Morgan fingerprint density at radius 3 is 2.33 bits per heavy atom. The van der Waals surface area contributed by atoms with E-state index >= 15 is 0 Å². The van der Waals surface area contributed by atoms with Gasteiger partial charge in [0.15, 0.2) is 5.43 Å². The van der Waals surface area contributed by atoms with E-state index in [0.29, 0.717) is 30.0 Å². The highest BCUT2D eigenvalue weighted by molar-refractivity contribution is 5.90. The number of likely N-dealkylation sites (N-methyl/N-ethyl adjacent to an activating group) is 1. The fourth-order valence-corrected chi connectivity index (χ4v) is 4.47. The fourth-order valence-electron chi connectivity index (χ4n) is 4.47. The van der Waals surface area contributed by atoms with E-state index in [0.717, 1.165) is 13.1 Å². The van der Waals surface area contributed by atoms with Gasteiger partial charge in [0.05, 0.1) is 0 Å². The van der Waals surface area contributed by atoms with Gasteiger partial charge in [0.2, 0.25) is 5.91 Å². The van der Waals surface area contributed by atoms with Crippen molar-refractivity contribution in [3.8, 4) is 22.8 Å². The molecule has 2 heterocycles. The standard InChI is InChI=1S/C26H30N2O5/c1-16(2)18(13-23(32)28-11-9-27(3)10-12-28)24-19(29)14-20(30)25-21(31)15-22(33-26(24)25)17-7-5-4-6-8-17/h4-8,14-16,18,29-30H,9-13H2,1-3H3. The third kappa shape index (κ3) is 4.59. The number of phenolic OH excluding ortho intramolecular Hbond substituents is 2. The van der Waals surface area contributed by atoms with Gasteiger partial charge in [-0.3, -0.25) is 9.59 Å². The van der Waals surface area contributed by atoms with Crippen molar-refractivity contribution in [3.63, 3.8) is 0 Å². The molecule has 2 N–H and O–H groups in total. The number of piperazine rings is 1. The van der Waals surface area contributed by atoms with Crippen molar-refractivity contribution < 1.29 is 19.4 Å². The monoisotopic (exact) mass is 450 g/mol. The van der Waals surface area contributed by atoms with Gasteiger partial charge < -0.3 is 24.4 Å². The molecule has 7 heteroatoms. The van der Waals surface area contributed by atoms with E-state index in [9.17, 15) is 19.8 Å². The van der Waals surface area contributed by atoms with E-state index in [1.165, 1.54) is 12.1 Å². The Bertz CT molecular complexity index is 1210. The molecular formula is C26H30N2O5. The van der Waals surface area contributed by atoms with Gasteiger partial charge >= 0.3 is 0 Å². The Labute approximate surface area is 192 Å². The van der Waals surface area contributed by atoms with Crippen molar-refractivity contribution in [1.29, 1.82) is 0 Å². The molecule has 0 radical (unpaired) electrons. The number of hydrogen-bond donors (Lipinski definition) is 2. The zero-order valence-corrected chi connectivity index (χ0v) is 19.2. The van der Waals surface area contributed by atoms with Crippen LogP contribution in [0.1, 0.15) is 31.7 Å². The number of carbonyl (C=O) groups excluding carboxylic acids is 1. The van der Waals surface area contributed by atoms with Crippen molar-refractivity contribution in [2.45, 2.75) is 26.2 Å². The number of amides is 1. The number of fused-ring (bicyclic) bond motifs is 1. The molecule has 1 aliphatic rings. The van der Waals surface area contributed by atoms with E-state index < -0.39 is 11.3 Å². The lowest BCUT2D eigenvalue weighted by atomic mass is 9.83. The van der Waals surface area contributed by atoms with Gasteiger partial charge in [-0.2, -0.15) is 0 Å². The minimum atomic E-state index is -0.401. The average molecular weight is 451 g/mol. The summed E-state index contributed by atoms with van der Waals surface area (Å²) >= 11 is 0. The largest absolute Gasteiger partial charge is 0.507 e. The highest BCUT2D eigenvalue weighted by Gasteiger charge is 2.30. The van der Waals surface area contributed by atoms with Crippen molar-refractivity contribution >= 4 is 16.9 Å². The summed E-state index contributed by atoms with van der Waals surface area (Å²) in [7, 11) is 2.03. The van der Waals surface area contributed by atoms with E-state index in [-0.39, 0.29) is 40.7 Å². The van der Waals surface area contributed by atoms with Crippen LogP contribution in [0.5, 0.6) is 11.5 Å². The van der Waals surface area contributed by atoms with Crippen LogP contribution < -0.4 is 5.43 Å². The first-order valence-corrected chi connectivity index (χ1v) is 11.3. The van der Waals surface area contributed by atoms with E-state index in [1.807, 2.05) is 56.1 Å². The van der Waals surface area contributed by atoms with Crippen LogP contribution in [-0.4, -0.2) is 59.1 Å². The molecule has 2 aromatic carbocycles. The lowest BCUT2D eigenvalue weighted by Gasteiger charge is -2.34. The predicted molar refractivity (Wildman–Crippen MR) is 128 cm³/mol. The smallest absolute Gasteiger partial charge is 0.223 e. The predicted octanol–water partition coefficient (Wildman–Crippen LogP) is 3.77. The second kappa shape index (κ2) is 9.27. The zero-order chi connectivity index (χ0) is 23.7. The second-order valence-electron chi connectivity index (χ2n) is 9.11. The molecule has 3 aromatic rings. The van der Waals surface area contributed by atoms with Crippen LogP contribution in [0, 0.1) is 5.92 Å². The number of nitrogens with zero attached hydrogens (tertiary/aromatic N) is 2. The van der Waals surface area contributed by atoms with Crippen LogP contribution >= 0.6 is 0 Å². The van der Waals surface area contributed by atoms with Crippen LogP contribution in [0.15, 0.2) is 51.7 Å². The summed E-state index contributed by atoms with van der Waals surface area (Å²) in [6.07, 6.45) is 0.175. The van der Waals surface area contributed by atoms with Gasteiger partial charge in [0, 0.05) is 61.8 Å². The molecule has 1 saturated heterocycles. The van der Waals surface area contributed by atoms with Gasteiger partial charge in [-0.25, -0.2) is 0 Å². The number of phenols is 2. The summed E-state index contributed by atoms with van der Waals surface area (Å²) in [5.41, 5.74) is 0.820. The minimum absolute atomic E-state index is 0.00369. The summed E-state index contributed by atoms with van der Waals surface area (Å²) in [5.74, 6) is -0.595. The van der Waals surface area contributed by atoms with Gasteiger partial charge in [0.1, 0.15) is 28.2 Å². The molecule has 1 unspecified atom stereocenters. The van der Waals surface area contributed by atoms with E-state index in [1.54, 1.807) is 0 Å². The second-order valence-corrected chi connectivity index (χ2v) is 9.11. The molecule has 0 spiro atoms. The summed E-state index contributed by atoms with van der Waals surface area (Å²) < 4.78 is 6.14. The summed E-state index contributed by atoms with van der Waals surface area (Å²) in [6.45, 7) is 6.91. The summed E-state index contributed by atoms with van der Waals surface area (Å²) in [5, 5.41) is 21.3. The molecule has 1 aromatic heterocycles. The molecule has 174 valence electrons. The topological polar surface area (TPSA) is 94.2 Å². The molecule has 1 amide bonds. The summed E-state index contributed by atoms with van der Waals surface area (Å²) in [6, 6.07) is 11.7. The van der Waals surface area contributed by atoms with Crippen LogP contribution in [0.3, 0.4) is 0 Å². The molecule has 1 aliphatic heterocycles. The normalized spacial score (nSPS) is 15.8. The number of hydrogen-bond acceptors (Lipinski definition) is 6. The quantitative estimate of drug-likeness (QED) is 0.615. The molecule has 1 fully saturated rings. The number of aromatic hydroxyl groups is 2. The van der Waals surface area contributed by atoms with Crippen molar-refractivity contribution in [3.05, 3.63) is 58.3 Å². The average Bonchev–Trinajstić information content (AvgIpc) is 2.78. The summed E-state index contributed by atoms with van der Waals surface area (Å²) in [4.78, 5) is 30.1. The van der Waals surface area contributed by atoms with Gasteiger partial charge in [-0.15, -0.1) is 0 Å². The Hall–Kier alpha value is -3.32. The molecule has 0 aliphatic carbocycles. The van der Waals surface area contributed by atoms with Gasteiger partial charge in [-0.1, -0.05) is 44.2 Å². The maximum Gasteiger partial charge on any atom is 0.223 e. The maximum atomic E-state index is 13.1. The zero-order valence-electron chi connectivity index (χ0n) is 19.2. The Morgan fingerprint density at radius 2 is 1.70 bits per heavy atom. The Balaban J connectivity index is 1.82. The first-order valence-electron chi connectivity index (χ1n) is 11.3. The van der Waals surface area contributed by atoms with Gasteiger partial charge in [0.25, 0.3) is 0 Å². The van der Waals surface area contributed by atoms with Crippen molar-refractivity contribution in [2.24, 2.45) is 5.92 Å². The van der Waals surface area contributed by atoms with Crippen molar-refractivity contribution in [2.75, 3.05) is 33.2 Å². The van der Waals surface area contributed by atoms with Crippen molar-refractivity contribution in [1.82, 2.24) is 9.80 Å². The Kier molecular flexibility index (Phi) is 6.42. The number of rotatable bonds is 5. The third-order valence-corrected chi connectivity index (χ3v) is 6.48.